The molecular weight excluding hydrogens is 394 g/mol. The number of amides is 1. The van der Waals surface area contributed by atoms with Gasteiger partial charge in [0.15, 0.2) is 11.5 Å². The van der Waals surface area contributed by atoms with Crippen molar-refractivity contribution in [1.82, 2.24) is 4.31 Å². The molecule has 1 amide bonds. The van der Waals surface area contributed by atoms with Crippen molar-refractivity contribution in [2.75, 3.05) is 56.9 Å². The lowest BCUT2D eigenvalue weighted by Gasteiger charge is -2.34. The summed E-state index contributed by atoms with van der Waals surface area (Å²) < 4.78 is 35.2. The maximum Gasteiger partial charge on any atom is 0.255 e. The van der Waals surface area contributed by atoms with E-state index < -0.39 is 10.0 Å². The number of piperazine rings is 1. The second-order valence-electron chi connectivity index (χ2n) is 6.72. The highest BCUT2D eigenvalue weighted by atomic mass is 32.2. The number of sulfonamides is 1. The molecule has 3 rings (SSSR count). The number of hydrogen-bond donors (Lipinski definition) is 1. The number of ether oxygens (including phenoxy) is 2. The van der Waals surface area contributed by atoms with Gasteiger partial charge in [0.2, 0.25) is 10.0 Å². The normalized spacial score (nSPS) is 15.1. The fraction of sp³-hybridized carbons (Fsp3) is 0.350. The first-order chi connectivity index (χ1) is 13.8. The van der Waals surface area contributed by atoms with Crippen molar-refractivity contribution in [2.45, 2.75) is 0 Å². The molecule has 0 unspecified atom stereocenters. The van der Waals surface area contributed by atoms with Gasteiger partial charge in [-0.15, -0.1) is 0 Å². The van der Waals surface area contributed by atoms with Gasteiger partial charge >= 0.3 is 0 Å². The van der Waals surface area contributed by atoms with Gasteiger partial charge in [0.25, 0.3) is 5.91 Å². The van der Waals surface area contributed by atoms with Crippen LogP contribution in [0.1, 0.15) is 10.4 Å². The summed E-state index contributed by atoms with van der Waals surface area (Å²) in [5, 5.41) is 2.86. The Morgan fingerprint density at radius 2 is 1.55 bits per heavy atom. The predicted octanol–water partition coefficient (Wildman–Crippen LogP) is 2.04. The smallest absolute Gasteiger partial charge is 0.255 e. The Labute approximate surface area is 171 Å². The molecule has 8 nitrogen and oxygen atoms in total. The van der Waals surface area contributed by atoms with E-state index in [1.165, 1.54) is 17.7 Å². The van der Waals surface area contributed by atoms with Crippen LogP contribution in [0.3, 0.4) is 0 Å². The van der Waals surface area contributed by atoms with E-state index in [0.29, 0.717) is 48.9 Å². The van der Waals surface area contributed by atoms with E-state index in [0.717, 1.165) is 5.69 Å². The molecule has 0 aliphatic carbocycles. The molecule has 1 saturated heterocycles. The number of anilines is 2. The first-order valence-corrected chi connectivity index (χ1v) is 11.0. The van der Waals surface area contributed by atoms with E-state index in [-0.39, 0.29) is 5.91 Å². The van der Waals surface area contributed by atoms with Crippen LogP contribution in [0, 0.1) is 0 Å². The second kappa shape index (κ2) is 8.71. The monoisotopic (exact) mass is 419 g/mol. The average molecular weight is 420 g/mol. The minimum absolute atomic E-state index is 0.250. The summed E-state index contributed by atoms with van der Waals surface area (Å²) in [6.45, 7) is 2.20. The maximum absolute atomic E-state index is 12.5. The number of nitrogens with one attached hydrogen (secondary N) is 1. The minimum atomic E-state index is -3.15. The number of nitrogens with zero attached hydrogens (tertiary/aromatic N) is 2. The van der Waals surface area contributed by atoms with Gasteiger partial charge in [-0.25, -0.2) is 8.42 Å². The molecule has 0 radical (unpaired) electrons. The van der Waals surface area contributed by atoms with Crippen molar-refractivity contribution in [2.24, 2.45) is 0 Å². The highest BCUT2D eigenvalue weighted by molar-refractivity contribution is 7.88. The van der Waals surface area contributed by atoms with Crippen LogP contribution in [0.15, 0.2) is 42.5 Å². The summed E-state index contributed by atoms with van der Waals surface area (Å²) in [7, 11) is -0.0816. The molecule has 0 spiro atoms. The van der Waals surface area contributed by atoms with E-state index in [1.807, 2.05) is 24.3 Å². The Kier molecular flexibility index (Phi) is 6.29. The Hall–Kier alpha value is -2.78. The molecule has 2 aromatic carbocycles. The molecule has 29 heavy (non-hydrogen) atoms. The number of carbonyl (C=O) groups excluding carboxylic acids is 1. The zero-order chi connectivity index (χ0) is 21.0. The van der Waals surface area contributed by atoms with Crippen LogP contribution < -0.4 is 19.7 Å². The number of benzene rings is 2. The molecule has 1 heterocycles. The van der Waals surface area contributed by atoms with Gasteiger partial charge in [-0.1, -0.05) is 0 Å². The minimum Gasteiger partial charge on any atom is -0.493 e. The topological polar surface area (TPSA) is 88.2 Å². The van der Waals surface area contributed by atoms with Crippen molar-refractivity contribution in [3.8, 4) is 11.5 Å². The Morgan fingerprint density at radius 1 is 0.931 bits per heavy atom. The lowest BCUT2D eigenvalue weighted by molar-refractivity contribution is 0.102. The lowest BCUT2D eigenvalue weighted by atomic mass is 10.1. The molecular formula is C20H25N3O5S. The van der Waals surface area contributed by atoms with Crippen molar-refractivity contribution in [1.29, 1.82) is 0 Å². The number of rotatable bonds is 6. The fourth-order valence-corrected chi connectivity index (χ4v) is 4.04. The molecule has 2 aromatic rings. The van der Waals surface area contributed by atoms with E-state index in [1.54, 1.807) is 25.3 Å². The zero-order valence-electron chi connectivity index (χ0n) is 16.7. The lowest BCUT2D eigenvalue weighted by Crippen LogP contribution is -2.48. The third kappa shape index (κ3) is 4.99. The standard InChI is InChI=1S/C20H25N3O5S/c1-27-18-9-4-15(14-19(18)28-2)20(24)21-16-5-7-17(8-6-16)22-10-12-23(13-11-22)29(3,25)26/h4-9,14H,10-13H2,1-3H3,(H,21,24). The Morgan fingerprint density at radius 3 is 2.10 bits per heavy atom. The first-order valence-electron chi connectivity index (χ1n) is 9.15. The van der Waals surface area contributed by atoms with Gasteiger partial charge in [0.05, 0.1) is 20.5 Å². The summed E-state index contributed by atoms with van der Waals surface area (Å²) in [4.78, 5) is 14.6. The van der Waals surface area contributed by atoms with Crippen LogP contribution in [0.5, 0.6) is 11.5 Å². The highest BCUT2D eigenvalue weighted by Gasteiger charge is 2.23. The van der Waals surface area contributed by atoms with Gasteiger partial charge in [0.1, 0.15) is 0 Å². The molecule has 1 aliphatic heterocycles. The average Bonchev–Trinajstić information content (AvgIpc) is 2.73. The Balaban J connectivity index is 1.63. The van der Waals surface area contributed by atoms with Crippen LogP contribution in [0.4, 0.5) is 11.4 Å². The van der Waals surface area contributed by atoms with Gasteiger partial charge < -0.3 is 19.7 Å². The van der Waals surface area contributed by atoms with Crippen LogP contribution in [0.25, 0.3) is 0 Å². The summed E-state index contributed by atoms with van der Waals surface area (Å²) in [6.07, 6.45) is 1.23. The molecule has 0 atom stereocenters. The highest BCUT2D eigenvalue weighted by Crippen LogP contribution is 2.28. The molecule has 0 bridgehead atoms. The van der Waals surface area contributed by atoms with Crippen molar-refractivity contribution >= 4 is 27.3 Å². The van der Waals surface area contributed by atoms with E-state index in [9.17, 15) is 13.2 Å². The number of methoxy groups -OCH3 is 2. The van der Waals surface area contributed by atoms with Gasteiger partial charge in [0, 0.05) is 43.1 Å². The van der Waals surface area contributed by atoms with Crippen molar-refractivity contribution in [3.05, 3.63) is 48.0 Å². The van der Waals surface area contributed by atoms with E-state index in [4.69, 9.17) is 9.47 Å². The number of hydrogen-bond acceptors (Lipinski definition) is 6. The first kappa shape index (κ1) is 20.9. The van der Waals surface area contributed by atoms with Gasteiger partial charge in [-0.3, -0.25) is 4.79 Å². The van der Waals surface area contributed by atoms with Crippen LogP contribution >= 0.6 is 0 Å². The molecule has 0 aromatic heterocycles. The third-order valence-electron chi connectivity index (χ3n) is 4.84. The summed E-state index contributed by atoms with van der Waals surface area (Å²) in [6, 6.07) is 12.5. The van der Waals surface area contributed by atoms with Crippen LogP contribution in [-0.2, 0) is 10.0 Å². The predicted molar refractivity (Wildman–Crippen MR) is 113 cm³/mol. The van der Waals surface area contributed by atoms with Crippen molar-refractivity contribution in [3.63, 3.8) is 0 Å². The summed E-state index contributed by atoms with van der Waals surface area (Å²) >= 11 is 0. The molecule has 0 saturated carbocycles. The van der Waals surface area contributed by atoms with Crippen LogP contribution in [-0.4, -0.2) is 65.3 Å². The molecule has 9 heteroatoms. The quantitative estimate of drug-likeness (QED) is 0.771. The van der Waals surface area contributed by atoms with E-state index >= 15 is 0 Å². The molecule has 156 valence electrons. The van der Waals surface area contributed by atoms with Gasteiger partial charge in [-0.05, 0) is 42.5 Å². The summed E-state index contributed by atoms with van der Waals surface area (Å²) in [5.41, 5.74) is 2.12. The fourth-order valence-electron chi connectivity index (χ4n) is 3.21. The summed E-state index contributed by atoms with van der Waals surface area (Å²) in [5.74, 6) is 0.800. The van der Waals surface area contributed by atoms with E-state index in [2.05, 4.69) is 10.2 Å². The Bertz CT molecular complexity index is 968. The van der Waals surface area contributed by atoms with Gasteiger partial charge in [-0.2, -0.15) is 4.31 Å². The molecule has 1 aliphatic rings. The SMILES string of the molecule is COc1ccc(C(=O)Nc2ccc(N3CCN(S(C)(=O)=O)CC3)cc2)cc1OC. The van der Waals surface area contributed by atoms with Crippen molar-refractivity contribution < 1.29 is 22.7 Å². The largest absolute Gasteiger partial charge is 0.493 e. The maximum atomic E-state index is 12.5. The second-order valence-corrected chi connectivity index (χ2v) is 8.70. The van der Waals surface area contributed by atoms with Crippen LogP contribution in [0.2, 0.25) is 0 Å². The third-order valence-corrected chi connectivity index (χ3v) is 6.15. The molecule has 1 N–H and O–H groups in total. The molecule has 1 fully saturated rings. The number of carbonyl (C=O) groups is 1. The zero-order valence-corrected chi connectivity index (χ0v) is 17.5.